The molecule has 0 radical (unpaired) electrons. The number of nitrogens with one attached hydrogen (secondary N) is 1. The molecule has 0 spiro atoms. The van der Waals surface area contributed by atoms with Crippen molar-refractivity contribution in [2.24, 2.45) is 0 Å². The first kappa shape index (κ1) is 15.8. The van der Waals surface area contributed by atoms with Crippen molar-refractivity contribution in [1.29, 1.82) is 0 Å². The summed E-state index contributed by atoms with van der Waals surface area (Å²) in [4.78, 5) is 7.73. The van der Waals surface area contributed by atoms with Gasteiger partial charge in [-0.05, 0) is 49.1 Å². The van der Waals surface area contributed by atoms with Crippen LogP contribution in [-0.2, 0) is 13.0 Å². The molecule has 1 aromatic carbocycles. The predicted octanol–water partition coefficient (Wildman–Crippen LogP) is 5.11. The van der Waals surface area contributed by atoms with Crippen LogP contribution in [0.1, 0.15) is 29.3 Å². The van der Waals surface area contributed by atoms with Gasteiger partial charge in [-0.25, -0.2) is 4.39 Å². The predicted molar refractivity (Wildman–Crippen MR) is 90.7 cm³/mol. The van der Waals surface area contributed by atoms with E-state index in [1.54, 1.807) is 12.1 Å². The number of H-pyrrole nitrogens is 1. The summed E-state index contributed by atoms with van der Waals surface area (Å²) in [6.45, 7) is 6.45. The summed E-state index contributed by atoms with van der Waals surface area (Å²) in [5.74, 6) is 0.211. The van der Waals surface area contributed by atoms with E-state index in [1.807, 2.05) is 6.92 Å². The average molecular weight is 333 g/mol. The maximum atomic E-state index is 13.0. The van der Waals surface area contributed by atoms with E-state index in [-0.39, 0.29) is 5.82 Å². The second kappa shape index (κ2) is 6.20. The number of aryl methyl sites for hydroxylation is 3. The Morgan fingerprint density at radius 1 is 1.22 bits per heavy atom. The van der Waals surface area contributed by atoms with Crippen LogP contribution in [0.4, 0.5) is 4.39 Å². The quantitative estimate of drug-likeness (QED) is 0.674. The first-order valence-electron chi connectivity index (χ1n) is 7.55. The van der Waals surface area contributed by atoms with Gasteiger partial charge in [-0.1, -0.05) is 30.7 Å². The van der Waals surface area contributed by atoms with Gasteiger partial charge >= 0.3 is 0 Å². The number of nitrogens with zero attached hydrogens (tertiary/aromatic N) is 1. The molecule has 2 aromatic heterocycles. The number of ether oxygens (including phenoxy) is 1. The van der Waals surface area contributed by atoms with Crippen LogP contribution in [0.15, 0.2) is 24.3 Å². The van der Waals surface area contributed by atoms with Gasteiger partial charge in [-0.15, -0.1) is 0 Å². The maximum absolute atomic E-state index is 13.0. The molecular weight excluding hydrogens is 315 g/mol. The van der Waals surface area contributed by atoms with Crippen molar-refractivity contribution in [2.75, 3.05) is 0 Å². The van der Waals surface area contributed by atoms with E-state index in [0.717, 1.165) is 39.7 Å². The van der Waals surface area contributed by atoms with Crippen molar-refractivity contribution in [3.8, 4) is 5.88 Å². The largest absolute Gasteiger partial charge is 0.471 e. The second-order valence-electron chi connectivity index (χ2n) is 5.58. The molecule has 0 saturated carbocycles. The molecule has 0 fully saturated rings. The number of halogens is 2. The summed E-state index contributed by atoms with van der Waals surface area (Å²) in [7, 11) is 0. The molecule has 1 N–H and O–H groups in total. The monoisotopic (exact) mass is 332 g/mol. The van der Waals surface area contributed by atoms with Crippen molar-refractivity contribution in [1.82, 2.24) is 9.97 Å². The van der Waals surface area contributed by atoms with E-state index in [2.05, 4.69) is 23.8 Å². The van der Waals surface area contributed by atoms with E-state index in [4.69, 9.17) is 16.3 Å². The fraction of sp³-hybridized carbons (Fsp3) is 0.278. The highest BCUT2D eigenvalue weighted by molar-refractivity contribution is 6.31. The molecule has 0 aliphatic heterocycles. The molecule has 0 aliphatic carbocycles. The minimum atomic E-state index is -0.264. The van der Waals surface area contributed by atoms with E-state index < -0.39 is 0 Å². The molecule has 0 unspecified atom stereocenters. The molecule has 0 saturated heterocycles. The van der Waals surface area contributed by atoms with Crippen LogP contribution in [0.2, 0.25) is 5.15 Å². The number of fused-ring (bicyclic) bond motifs is 1. The fourth-order valence-electron chi connectivity index (χ4n) is 2.73. The maximum Gasteiger partial charge on any atom is 0.240 e. The molecular formula is C18H18ClFN2O. The average Bonchev–Trinajstić information content (AvgIpc) is 2.83. The van der Waals surface area contributed by atoms with Crippen molar-refractivity contribution in [3.63, 3.8) is 0 Å². The summed E-state index contributed by atoms with van der Waals surface area (Å²) >= 11 is 6.34. The summed E-state index contributed by atoms with van der Waals surface area (Å²) in [5, 5.41) is 1.55. The molecule has 0 amide bonds. The van der Waals surface area contributed by atoms with Crippen LogP contribution in [0.25, 0.3) is 10.9 Å². The number of pyridine rings is 1. The minimum Gasteiger partial charge on any atom is -0.471 e. The molecule has 23 heavy (non-hydrogen) atoms. The number of benzene rings is 1. The zero-order valence-corrected chi connectivity index (χ0v) is 14.1. The van der Waals surface area contributed by atoms with Crippen LogP contribution in [0.3, 0.4) is 0 Å². The summed E-state index contributed by atoms with van der Waals surface area (Å²) in [6, 6.07) is 6.22. The zero-order valence-electron chi connectivity index (χ0n) is 13.3. The highest BCUT2D eigenvalue weighted by Gasteiger charge is 2.18. The topological polar surface area (TPSA) is 37.9 Å². The van der Waals surface area contributed by atoms with Crippen molar-refractivity contribution < 1.29 is 9.13 Å². The minimum absolute atomic E-state index is 0.264. The molecule has 3 aromatic rings. The third-order valence-electron chi connectivity index (χ3n) is 4.11. The van der Waals surface area contributed by atoms with Gasteiger partial charge in [0, 0.05) is 11.1 Å². The Hall–Kier alpha value is -2.07. The number of aromatic nitrogens is 2. The first-order chi connectivity index (χ1) is 11.0. The fourth-order valence-corrected chi connectivity index (χ4v) is 3.04. The SMILES string of the molecule is CCc1c(Cl)nc(OCc2ccc(F)cc2)c2[nH]c(C)c(C)c12. The van der Waals surface area contributed by atoms with Crippen molar-refractivity contribution >= 4 is 22.5 Å². The Morgan fingerprint density at radius 3 is 2.57 bits per heavy atom. The highest BCUT2D eigenvalue weighted by Crippen LogP contribution is 2.35. The van der Waals surface area contributed by atoms with Crippen LogP contribution >= 0.6 is 11.6 Å². The van der Waals surface area contributed by atoms with E-state index in [0.29, 0.717) is 17.6 Å². The number of aromatic amines is 1. The van der Waals surface area contributed by atoms with Gasteiger partial charge in [-0.2, -0.15) is 4.98 Å². The highest BCUT2D eigenvalue weighted by atomic mass is 35.5. The lowest BCUT2D eigenvalue weighted by atomic mass is 10.1. The molecule has 5 heteroatoms. The Morgan fingerprint density at radius 2 is 1.91 bits per heavy atom. The van der Waals surface area contributed by atoms with Crippen molar-refractivity contribution in [2.45, 2.75) is 33.8 Å². The smallest absolute Gasteiger partial charge is 0.240 e. The molecule has 120 valence electrons. The summed E-state index contributed by atoms with van der Waals surface area (Å²) in [6.07, 6.45) is 0.804. The third-order valence-corrected chi connectivity index (χ3v) is 4.42. The first-order valence-corrected chi connectivity index (χ1v) is 7.93. The summed E-state index contributed by atoms with van der Waals surface area (Å²) in [5.41, 5.74) is 5.00. The lowest BCUT2D eigenvalue weighted by Gasteiger charge is -2.10. The lowest BCUT2D eigenvalue weighted by molar-refractivity contribution is 0.297. The Bertz CT molecular complexity index is 856. The van der Waals surface area contributed by atoms with Gasteiger partial charge in [0.15, 0.2) is 0 Å². The normalized spacial score (nSPS) is 11.2. The van der Waals surface area contributed by atoms with Crippen LogP contribution in [-0.4, -0.2) is 9.97 Å². The molecule has 0 aliphatic rings. The van der Waals surface area contributed by atoms with Gasteiger partial charge < -0.3 is 9.72 Å². The van der Waals surface area contributed by atoms with Gasteiger partial charge in [-0.3, -0.25) is 0 Å². The number of hydrogen-bond acceptors (Lipinski definition) is 2. The molecule has 3 rings (SSSR count). The molecule has 2 heterocycles. The lowest BCUT2D eigenvalue weighted by Crippen LogP contribution is -2.00. The van der Waals surface area contributed by atoms with Gasteiger partial charge in [0.2, 0.25) is 5.88 Å². The third kappa shape index (κ3) is 2.91. The zero-order chi connectivity index (χ0) is 16.6. The second-order valence-corrected chi connectivity index (χ2v) is 5.94. The number of hydrogen-bond donors (Lipinski definition) is 1. The van der Waals surface area contributed by atoms with E-state index in [9.17, 15) is 4.39 Å². The van der Waals surface area contributed by atoms with Gasteiger partial charge in [0.05, 0.1) is 0 Å². The Labute approximate surface area is 139 Å². The standard InChI is InChI=1S/C18H18ClFN2O/c1-4-14-15-10(2)11(3)21-16(15)18(22-17(14)19)23-9-12-5-7-13(20)8-6-12/h5-8,21H,4,9H2,1-3H3. The van der Waals surface area contributed by atoms with Crippen LogP contribution < -0.4 is 4.74 Å². The molecule has 3 nitrogen and oxygen atoms in total. The molecule has 0 atom stereocenters. The van der Waals surface area contributed by atoms with Gasteiger partial charge in [0.1, 0.15) is 23.1 Å². The van der Waals surface area contributed by atoms with Crippen molar-refractivity contribution in [3.05, 3.63) is 57.6 Å². The van der Waals surface area contributed by atoms with Gasteiger partial charge in [0.25, 0.3) is 0 Å². The van der Waals surface area contributed by atoms with Crippen LogP contribution in [0.5, 0.6) is 5.88 Å². The Kier molecular flexibility index (Phi) is 4.26. The Balaban J connectivity index is 2.00. The number of rotatable bonds is 4. The molecule has 0 bridgehead atoms. The van der Waals surface area contributed by atoms with E-state index >= 15 is 0 Å². The van der Waals surface area contributed by atoms with Crippen LogP contribution in [0, 0.1) is 19.7 Å². The summed E-state index contributed by atoms with van der Waals surface area (Å²) < 4.78 is 18.8. The van der Waals surface area contributed by atoms with E-state index in [1.165, 1.54) is 12.1 Å².